The summed E-state index contributed by atoms with van der Waals surface area (Å²) in [6.07, 6.45) is 0.210. The lowest BCUT2D eigenvalue weighted by atomic mass is 10.1. The van der Waals surface area contributed by atoms with Crippen LogP contribution in [0.5, 0.6) is 0 Å². The van der Waals surface area contributed by atoms with Crippen molar-refractivity contribution in [2.75, 3.05) is 25.0 Å². The Bertz CT molecular complexity index is 742. The van der Waals surface area contributed by atoms with E-state index in [1.807, 2.05) is 24.3 Å². The number of morpholine rings is 1. The van der Waals surface area contributed by atoms with Crippen molar-refractivity contribution in [3.63, 3.8) is 0 Å². The number of hydrogen-bond donors (Lipinski definition) is 2. The van der Waals surface area contributed by atoms with Crippen LogP contribution in [0.25, 0.3) is 0 Å². The smallest absolute Gasteiger partial charge is 0.407 e. The van der Waals surface area contributed by atoms with E-state index in [4.69, 9.17) is 33.0 Å². The lowest BCUT2D eigenvalue weighted by molar-refractivity contribution is -0.0231. The summed E-state index contributed by atoms with van der Waals surface area (Å²) < 4.78 is 5.65. The number of carbonyl (C=O) groups is 1. The number of rotatable bonds is 3. The molecular formula is C15H14Cl2N4O3. The maximum atomic E-state index is 11.1. The molecule has 1 aromatic carbocycles. The molecule has 2 N–H and O–H groups in total. The number of halogens is 2. The molecule has 0 aliphatic carbocycles. The second-order valence-electron chi connectivity index (χ2n) is 5.17. The Morgan fingerprint density at radius 1 is 1.33 bits per heavy atom. The van der Waals surface area contributed by atoms with E-state index in [9.17, 15) is 4.79 Å². The fraction of sp³-hybridized carbons (Fsp3) is 0.267. The number of hydrogen-bond acceptors (Lipinski definition) is 5. The monoisotopic (exact) mass is 368 g/mol. The van der Waals surface area contributed by atoms with E-state index in [0.717, 1.165) is 11.3 Å². The molecular weight excluding hydrogens is 355 g/mol. The highest BCUT2D eigenvalue weighted by Gasteiger charge is 2.24. The third-order valence-corrected chi connectivity index (χ3v) is 4.06. The first-order valence-corrected chi connectivity index (χ1v) is 7.93. The molecule has 1 atom stereocenters. The van der Waals surface area contributed by atoms with Crippen molar-refractivity contribution in [2.24, 2.45) is 0 Å². The molecule has 0 saturated carbocycles. The summed E-state index contributed by atoms with van der Waals surface area (Å²) in [6, 6.07) is 7.42. The summed E-state index contributed by atoms with van der Waals surface area (Å²) in [6.45, 7) is 1.08. The predicted octanol–water partition coefficient (Wildman–Crippen LogP) is 3.58. The largest absolute Gasteiger partial charge is 0.465 e. The van der Waals surface area contributed by atoms with Gasteiger partial charge >= 0.3 is 6.09 Å². The number of carboxylic acid groups (broad SMARTS) is 1. The van der Waals surface area contributed by atoms with Crippen molar-refractivity contribution < 1.29 is 14.6 Å². The molecule has 1 unspecified atom stereocenters. The Kier molecular flexibility index (Phi) is 5.03. The third-order valence-electron chi connectivity index (χ3n) is 3.60. The van der Waals surface area contributed by atoms with Gasteiger partial charge in [0, 0.05) is 12.2 Å². The quantitative estimate of drug-likeness (QED) is 0.805. The number of nitrogens with one attached hydrogen (secondary N) is 1. The van der Waals surface area contributed by atoms with E-state index >= 15 is 0 Å². The minimum absolute atomic E-state index is 0.0999. The van der Waals surface area contributed by atoms with Crippen LogP contribution in [0.4, 0.5) is 16.3 Å². The predicted molar refractivity (Wildman–Crippen MR) is 90.1 cm³/mol. The first-order chi connectivity index (χ1) is 11.5. The van der Waals surface area contributed by atoms with Crippen LogP contribution in [-0.4, -0.2) is 45.8 Å². The Morgan fingerprint density at radius 3 is 2.79 bits per heavy atom. The number of ether oxygens (including phenoxy) is 1. The van der Waals surface area contributed by atoms with Gasteiger partial charge in [0.25, 0.3) is 0 Å². The lowest BCUT2D eigenvalue weighted by Gasteiger charge is -2.31. The Labute approximate surface area is 148 Å². The molecule has 126 valence electrons. The van der Waals surface area contributed by atoms with E-state index in [1.54, 1.807) is 0 Å². The molecule has 1 amide bonds. The SMILES string of the molecule is O=C(O)N1CCOC(c2ccc(Nc3nc(Cl)ncc3Cl)cc2)C1. The van der Waals surface area contributed by atoms with Gasteiger partial charge in [0.15, 0.2) is 5.82 Å². The van der Waals surface area contributed by atoms with E-state index < -0.39 is 6.09 Å². The van der Waals surface area contributed by atoms with E-state index in [-0.39, 0.29) is 11.4 Å². The van der Waals surface area contributed by atoms with Crippen molar-refractivity contribution in [1.82, 2.24) is 14.9 Å². The molecule has 1 saturated heterocycles. The van der Waals surface area contributed by atoms with E-state index in [1.165, 1.54) is 11.1 Å². The highest BCUT2D eigenvalue weighted by molar-refractivity contribution is 6.33. The van der Waals surface area contributed by atoms with Gasteiger partial charge in [-0.15, -0.1) is 0 Å². The lowest BCUT2D eigenvalue weighted by Crippen LogP contribution is -2.41. The minimum Gasteiger partial charge on any atom is -0.465 e. The second kappa shape index (κ2) is 7.21. The van der Waals surface area contributed by atoms with E-state index in [2.05, 4.69) is 15.3 Å². The van der Waals surface area contributed by atoms with Crippen LogP contribution in [0.3, 0.4) is 0 Å². The van der Waals surface area contributed by atoms with Crippen LogP contribution >= 0.6 is 23.2 Å². The maximum Gasteiger partial charge on any atom is 0.407 e. The summed E-state index contributed by atoms with van der Waals surface area (Å²) in [5.41, 5.74) is 1.67. The second-order valence-corrected chi connectivity index (χ2v) is 5.92. The molecule has 1 aliphatic heterocycles. The molecule has 0 spiro atoms. The topological polar surface area (TPSA) is 87.6 Å². The summed E-state index contributed by atoms with van der Waals surface area (Å²) in [4.78, 5) is 20.2. The zero-order chi connectivity index (χ0) is 17.1. The molecule has 24 heavy (non-hydrogen) atoms. The standard InChI is InChI=1S/C15H14Cl2N4O3/c16-11-7-18-14(17)20-13(11)19-10-3-1-9(2-4-10)12-8-21(15(22)23)5-6-24-12/h1-4,7,12H,5-6,8H2,(H,22,23)(H,18,19,20). The molecule has 3 rings (SSSR count). The van der Waals surface area contributed by atoms with Gasteiger partial charge in [0.2, 0.25) is 5.28 Å². The van der Waals surface area contributed by atoms with Crippen LogP contribution in [0.15, 0.2) is 30.5 Å². The van der Waals surface area contributed by atoms with Gasteiger partial charge in [0.05, 0.1) is 19.3 Å². The Balaban J connectivity index is 1.71. The average molecular weight is 369 g/mol. The summed E-state index contributed by atoms with van der Waals surface area (Å²) in [7, 11) is 0. The van der Waals surface area contributed by atoms with Gasteiger partial charge < -0.3 is 20.1 Å². The fourth-order valence-corrected chi connectivity index (χ4v) is 2.65. The highest BCUT2D eigenvalue weighted by atomic mass is 35.5. The fourth-order valence-electron chi connectivity index (χ4n) is 2.38. The van der Waals surface area contributed by atoms with Crippen molar-refractivity contribution in [3.8, 4) is 0 Å². The first kappa shape index (κ1) is 16.8. The van der Waals surface area contributed by atoms with Crippen molar-refractivity contribution >= 4 is 40.8 Å². The number of aromatic nitrogens is 2. The molecule has 1 fully saturated rings. The van der Waals surface area contributed by atoms with Crippen molar-refractivity contribution in [1.29, 1.82) is 0 Å². The van der Waals surface area contributed by atoms with Gasteiger partial charge in [-0.3, -0.25) is 0 Å². The van der Waals surface area contributed by atoms with Crippen LogP contribution < -0.4 is 5.32 Å². The van der Waals surface area contributed by atoms with Gasteiger partial charge in [0.1, 0.15) is 11.1 Å². The summed E-state index contributed by atoms with van der Waals surface area (Å²) >= 11 is 11.8. The molecule has 1 aromatic heterocycles. The Hall–Kier alpha value is -2.09. The number of amides is 1. The van der Waals surface area contributed by atoms with Crippen LogP contribution in [0, 0.1) is 0 Å². The van der Waals surface area contributed by atoms with Crippen LogP contribution in [0.2, 0.25) is 10.3 Å². The van der Waals surface area contributed by atoms with E-state index in [0.29, 0.717) is 30.5 Å². The summed E-state index contributed by atoms with van der Waals surface area (Å²) in [5, 5.41) is 12.6. The zero-order valence-electron chi connectivity index (χ0n) is 12.4. The molecule has 2 heterocycles. The van der Waals surface area contributed by atoms with Gasteiger partial charge in [-0.25, -0.2) is 9.78 Å². The number of benzene rings is 1. The average Bonchev–Trinajstić information content (AvgIpc) is 2.59. The first-order valence-electron chi connectivity index (χ1n) is 7.17. The third kappa shape index (κ3) is 3.87. The molecule has 0 radical (unpaired) electrons. The molecule has 7 nitrogen and oxygen atoms in total. The molecule has 2 aromatic rings. The normalized spacial score (nSPS) is 17.6. The van der Waals surface area contributed by atoms with Crippen LogP contribution in [-0.2, 0) is 4.74 Å². The molecule has 9 heteroatoms. The molecule has 0 bridgehead atoms. The Morgan fingerprint density at radius 2 is 2.08 bits per heavy atom. The number of nitrogens with zero attached hydrogens (tertiary/aromatic N) is 3. The van der Waals surface area contributed by atoms with Gasteiger partial charge in [-0.1, -0.05) is 23.7 Å². The zero-order valence-corrected chi connectivity index (χ0v) is 14.0. The van der Waals surface area contributed by atoms with Gasteiger partial charge in [-0.05, 0) is 29.3 Å². The highest BCUT2D eigenvalue weighted by Crippen LogP contribution is 2.27. The van der Waals surface area contributed by atoms with Crippen molar-refractivity contribution in [2.45, 2.75) is 6.10 Å². The van der Waals surface area contributed by atoms with Crippen molar-refractivity contribution in [3.05, 3.63) is 46.3 Å². The van der Waals surface area contributed by atoms with Gasteiger partial charge in [-0.2, -0.15) is 4.98 Å². The maximum absolute atomic E-state index is 11.1. The minimum atomic E-state index is -0.933. The van der Waals surface area contributed by atoms with Crippen LogP contribution in [0.1, 0.15) is 11.7 Å². The number of anilines is 2. The molecule has 1 aliphatic rings. The summed E-state index contributed by atoms with van der Waals surface area (Å²) in [5.74, 6) is 0.412.